The van der Waals surface area contributed by atoms with Crippen LogP contribution in [-0.4, -0.2) is 23.1 Å². The maximum absolute atomic E-state index is 4.79. The molecule has 1 atom stereocenters. The first-order chi connectivity index (χ1) is 9.48. The predicted molar refractivity (Wildman–Crippen MR) is 83.3 cm³/mol. The summed E-state index contributed by atoms with van der Waals surface area (Å²) in [6.45, 7) is 6.82. The monoisotopic (exact) mass is 274 g/mol. The molecule has 2 fully saturated rings. The summed E-state index contributed by atoms with van der Waals surface area (Å²) in [4.78, 5) is 9.45. The standard InChI is InChI=1S/C16H26N4/c1-10-13(17-4)19-15(11-5-6-11)20-14(10)18-12-7-8-16(2,3)9-12/h11-12H,5-9H2,1-4H3,(H2,17,18,19,20). The molecular formula is C16H26N4. The van der Waals surface area contributed by atoms with Crippen LogP contribution in [0, 0.1) is 12.3 Å². The van der Waals surface area contributed by atoms with Gasteiger partial charge < -0.3 is 10.6 Å². The third kappa shape index (κ3) is 2.74. The second-order valence-corrected chi connectivity index (χ2v) is 7.18. The van der Waals surface area contributed by atoms with Gasteiger partial charge >= 0.3 is 0 Å². The van der Waals surface area contributed by atoms with Gasteiger partial charge in [-0.05, 0) is 44.4 Å². The Hall–Kier alpha value is -1.32. The van der Waals surface area contributed by atoms with Gasteiger partial charge in [-0.3, -0.25) is 0 Å². The number of aromatic nitrogens is 2. The van der Waals surface area contributed by atoms with E-state index in [9.17, 15) is 0 Å². The molecule has 20 heavy (non-hydrogen) atoms. The van der Waals surface area contributed by atoms with Gasteiger partial charge in [-0.1, -0.05) is 13.8 Å². The third-order valence-corrected chi connectivity index (χ3v) is 4.65. The largest absolute Gasteiger partial charge is 0.373 e. The molecule has 0 spiro atoms. The molecule has 1 aromatic rings. The highest BCUT2D eigenvalue weighted by Gasteiger charge is 2.32. The number of rotatable bonds is 4. The molecule has 2 aliphatic carbocycles. The molecule has 3 rings (SSSR count). The van der Waals surface area contributed by atoms with E-state index in [1.165, 1.54) is 32.1 Å². The molecule has 0 bridgehead atoms. The van der Waals surface area contributed by atoms with Crippen molar-refractivity contribution in [3.8, 4) is 0 Å². The van der Waals surface area contributed by atoms with E-state index in [-0.39, 0.29) is 0 Å². The number of hydrogen-bond acceptors (Lipinski definition) is 4. The van der Waals surface area contributed by atoms with Crippen LogP contribution in [0.25, 0.3) is 0 Å². The zero-order valence-corrected chi connectivity index (χ0v) is 13.1. The van der Waals surface area contributed by atoms with E-state index in [0.29, 0.717) is 17.4 Å². The summed E-state index contributed by atoms with van der Waals surface area (Å²) >= 11 is 0. The predicted octanol–water partition coefficient (Wildman–Crippen LogP) is 3.69. The lowest BCUT2D eigenvalue weighted by Gasteiger charge is -2.20. The van der Waals surface area contributed by atoms with E-state index in [0.717, 1.165) is 23.0 Å². The van der Waals surface area contributed by atoms with E-state index < -0.39 is 0 Å². The Morgan fingerprint density at radius 2 is 1.80 bits per heavy atom. The zero-order chi connectivity index (χ0) is 14.3. The first kappa shape index (κ1) is 13.7. The first-order valence-corrected chi connectivity index (χ1v) is 7.81. The van der Waals surface area contributed by atoms with Gasteiger partial charge in [0.05, 0.1) is 0 Å². The fraction of sp³-hybridized carbons (Fsp3) is 0.750. The molecule has 0 saturated heterocycles. The topological polar surface area (TPSA) is 49.8 Å². The maximum atomic E-state index is 4.79. The lowest BCUT2D eigenvalue weighted by Crippen LogP contribution is -2.20. The number of nitrogens with one attached hydrogen (secondary N) is 2. The van der Waals surface area contributed by atoms with Gasteiger partial charge in [-0.25, -0.2) is 9.97 Å². The molecule has 2 aliphatic rings. The van der Waals surface area contributed by atoms with Crippen molar-refractivity contribution < 1.29 is 0 Å². The molecule has 1 aromatic heterocycles. The Bertz CT molecular complexity index is 505. The third-order valence-electron chi connectivity index (χ3n) is 4.65. The van der Waals surface area contributed by atoms with E-state index in [1.54, 1.807) is 0 Å². The van der Waals surface area contributed by atoms with Crippen molar-refractivity contribution in [3.63, 3.8) is 0 Å². The number of hydrogen-bond donors (Lipinski definition) is 2. The highest BCUT2D eigenvalue weighted by molar-refractivity contribution is 5.57. The minimum absolute atomic E-state index is 0.462. The maximum Gasteiger partial charge on any atom is 0.136 e. The second-order valence-electron chi connectivity index (χ2n) is 7.18. The Morgan fingerprint density at radius 3 is 2.35 bits per heavy atom. The molecule has 2 saturated carbocycles. The van der Waals surface area contributed by atoms with Gasteiger partial charge in [0.1, 0.15) is 17.5 Å². The molecule has 1 heterocycles. The van der Waals surface area contributed by atoms with Crippen LogP contribution in [0.3, 0.4) is 0 Å². The first-order valence-electron chi connectivity index (χ1n) is 7.81. The van der Waals surface area contributed by atoms with Crippen LogP contribution in [0.1, 0.15) is 63.3 Å². The van der Waals surface area contributed by atoms with Gasteiger partial charge in [0.15, 0.2) is 0 Å². The van der Waals surface area contributed by atoms with Crippen LogP contribution in [0.4, 0.5) is 11.6 Å². The van der Waals surface area contributed by atoms with Gasteiger partial charge in [-0.15, -0.1) is 0 Å². The van der Waals surface area contributed by atoms with Crippen LogP contribution < -0.4 is 10.6 Å². The molecule has 0 aliphatic heterocycles. The van der Waals surface area contributed by atoms with Crippen LogP contribution >= 0.6 is 0 Å². The highest BCUT2D eigenvalue weighted by Crippen LogP contribution is 2.41. The fourth-order valence-corrected chi connectivity index (χ4v) is 3.19. The molecular weight excluding hydrogens is 248 g/mol. The average Bonchev–Trinajstić information content (AvgIpc) is 3.18. The van der Waals surface area contributed by atoms with Gasteiger partial charge in [0.2, 0.25) is 0 Å². The van der Waals surface area contributed by atoms with E-state index in [1.807, 2.05) is 7.05 Å². The van der Waals surface area contributed by atoms with Gasteiger partial charge in [0.25, 0.3) is 0 Å². The average molecular weight is 274 g/mol. The lowest BCUT2D eigenvalue weighted by atomic mass is 9.92. The van der Waals surface area contributed by atoms with Crippen molar-refractivity contribution in [2.75, 3.05) is 17.7 Å². The molecule has 0 amide bonds. The summed E-state index contributed by atoms with van der Waals surface area (Å²) in [7, 11) is 1.94. The van der Waals surface area contributed by atoms with Crippen LogP contribution in [-0.2, 0) is 0 Å². The highest BCUT2D eigenvalue weighted by atomic mass is 15.1. The Kier molecular flexibility index (Phi) is 3.35. The summed E-state index contributed by atoms with van der Waals surface area (Å²) in [6, 6.07) is 0.551. The smallest absolute Gasteiger partial charge is 0.136 e. The quantitative estimate of drug-likeness (QED) is 0.879. The van der Waals surface area contributed by atoms with Crippen LogP contribution in [0.15, 0.2) is 0 Å². The second kappa shape index (κ2) is 4.90. The summed E-state index contributed by atoms with van der Waals surface area (Å²) in [5, 5.41) is 6.88. The normalized spacial score (nSPS) is 24.7. The minimum atomic E-state index is 0.462. The van der Waals surface area contributed by atoms with Crippen molar-refractivity contribution in [3.05, 3.63) is 11.4 Å². The minimum Gasteiger partial charge on any atom is -0.373 e. The SMILES string of the molecule is CNc1nc(C2CC2)nc(NC2CCC(C)(C)C2)c1C. The van der Waals surface area contributed by atoms with E-state index >= 15 is 0 Å². The summed E-state index contributed by atoms with van der Waals surface area (Å²) in [5.74, 6) is 3.61. The van der Waals surface area contributed by atoms with Gasteiger partial charge in [0, 0.05) is 24.6 Å². The lowest BCUT2D eigenvalue weighted by molar-refractivity contribution is 0.378. The van der Waals surface area contributed by atoms with Crippen molar-refractivity contribution in [2.24, 2.45) is 5.41 Å². The molecule has 110 valence electrons. The molecule has 4 nitrogen and oxygen atoms in total. The molecule has 0 aromatic carbocycles. The van der Waals surface area contributed by atoms with E-state index in [4.69, 9.17) is 4.98 Å². The van der Waals surface area contributed by atoms with Crippen molar-refractivity contribution in [1.82, 2.24) is 9.97 Å². The molecule has 0 radical (unpaired) electrons. The Labute approximate surface area is 121 Å². The fourth-order valence-electron chi connectivity index (χ4n) is 3.19. The van der Waals surface area contributed by atoms with Crippen molar-refractivity contribution >= 4 is 11.6 Å². The molecule has 4 heteroatoms. The van der Waals surface area contributed by atoms with Crippen molar-refractivity contribution in [2.45, 2.75) is 64.8 Å². The van der Waals surface area contributed by atoms with Gasteiger partial charge in [-0.2, -0.15) is 0 Å². The summed E-state index contributed by atoms with van der Waals surface area (Å²) in [5.41, 5.74) is 1.60. The van der Waals surface area contributed by atoms with Crippen LogP contribution in [0.5, 0.6) is 0 Å². The summed E-state index contributed by atoms with van der Waals surface area (Å²) < 4.78 is 0. The Morgan fingerprint density at radius 1 is 1.10 bits per heavy atom. The zero-order valence-electron chi connectivity index (χ0n) is 13.1. The number of nitrogens with zero attached hydrogens (tertiary/aromatic N) is 2. The van der Waals surface area contributed by atoms with E-state index in [2.05, 4.69) is 36.4 Å². The van der Waals surface area contributed by atoms with Crippen LogP contribution in [0.2, 0.25) is 0 Å². The summed E-state index contributed by atoms with van der Waals surface area (Å²) in [6.07, 6.45) is 6.24. The molecule has 2 N–H and O–H groups in total. The molecule has 1 unspecified atom stereocenters. The Balaban J connectivity index is 1.82. The number of anilines is 2. The van der Waals surface area contributed by atoms with Crippen molar-refractivity contribution in [1.29, 1.82) is 0 Å².